The van der Waals surface area contributed by atoms with Gasteiger partial charge in [-0.3, -0.25) is 4.79 Å². The Labute approximate surface area is 173 Å². The third-order valence-corrected chi connectivity index (χ3v) is 5.41. The van der Waals surface area contributed by atoms with Gasteiger partial charge < -0.3 is 4.74 Å². The van der Waals surface area contributed by atoms with Crippen LogP contribution in [0.15, 0.2) is 78.2 Å². The summed E-state index contributed by atoms with van der Waals surface area (Å²) in [6.07, 6.45) is 3.37. The number of aryl methyl sites for hydroxylation is 2. The van der Waals surface area contributed by atoms with Crippen molar-refractivity contribution in [2.45, 2.75) is 13.8 Å². The largest absolute Gasteiger partial charge is 0.438 e. The molecule has 0 saturated carbocycles. The molecule has 0 atom stereocenters. The van der Waals surface area contributed by atoms with E-state index in [1.54, 1.807) is 16.8 Å². The second-order valence-electron chi connectivity index (χ2n) is 6.59. The van der Waals surface area contributed by atoms with Crippen molar-refractivity contribution < 1.29 is 9.53 Å². The molecule has 0 amide bonds. The second kappa shape index (κ2) is 8.29. The predicted molar refractivity (Wildman–Crippen MR) is 117 cm³/mol. The highest BCUT2D eigenvalue weighted by Crippen LogP contribution is 2.33. The molecule has 0 spiro atoms. The van der Waals surface area contributed by atoms with Gasteiger partial charge in [-0.25, -0.2) is 0 Å². The fourth-order valence-corrected chi connectivity index (χ4v) is 3.63. The number of ketones is 1. The van der Waals surface area contributed by atoms with Crippen LogP contribution in [-0.2, 0) is 0 Å². The van der Waals surface area contributed by atoms with Crippen LogP contribution in [0.4, 0.5) is 0 Å². The fraction of sp³-hybridized carbons (Fsp3) is 0.0833. The second-order valence-corrected chi connectivity index (χ2v) is 7.54. The quantitative estimate of drug-likeness (QED) is 0.284. The lowest BCUT2D eigenvalue weighted by Crippen LogP contribution is -2.00. The van der Waals surface area contributed by atoms with Crippen LogP contribution in [-0.4, -0.2) is 15.6 Å². The molecule has 0 aliphatic heterocycles. The number of hydrogen-bond donors (Lipinski definition) is 0. The number of carbonyl (C=O) groups excluding carboxylic acids is 1. The minimum Gasteiger partial charge on any atom is -0.438 e. The summed E-state index contributed by atoms with van der Waals surface area (Å²) < 4.78 is 8.09. The first-order valence-corrected chi connectivity index (χ1v) is 10.2. The van der Waals surface area contributed by atoms with E-state index < -0.39 is 0 Å². The number of nitrogens with zero attached hydrogens (tertiary/aromatic N) is 2. The van der Waals surface area contributed by atoms with Gasteiger partial charge in [-0.15, -0.1) is 11.3 Å². The van der Waals surface area contributed by atoms with Gasteiger partial charge in [0.15, 0.2) is 5.78 Å². The van der Waals surface area contributed by atoms with E-state index in [0.29, 0.717) is 10.8 Å². The highest BCUT2D eigenvalue weighted by Gasteiger charge is 2.18. The van der Waals surface area contributed by atoms with Gasteiger partial charge in [0.05, 0.1) is 21.8 Å². The molecule has 5 heteroatoms. The summed E-state index contributed by atoms with van der Waals surface area (Å²) in [5, 5.41) is 6.57. The Bertz CT molecular complexity index is 1160. The lowest BCUT2D eigenvalue weighted by atomic mass is 10.2. The highest BCUT2D eigenvalue weighted by molar-refractivity contribution is 7.12. The minimum atomic E-state index is -0.0336. The highest BCUT2D eigenvalue weighted by atomic mass is 32.1. The van der Waals surface area contributed by atoms with Crippen molar-refractivity contribution >= 4 is 23.2 Å². The SMILES string of the molecule is Cc1ccccc1Oc1c(/C=C/C(=O)c2cccs2)c(C)nn1-c1ccccc1. The topological polar surface area (TPSA) is 44.1 Å². The number of carbonyl (C=O) groups is 1. The summed E-state index contributed by atoms with van der Waals surface area (Å²) in [5.74, 6) is 1.30. The lowest BCUT2D eigenvalue weighted by molar-refractivity contribution is 0.105. The maximum atomic E-state index is 12.4. The van der Waals surface area contributed by atoms with E-state index in [9.17, 15) is 4.79 Å². The summed E-state index contributed by atoms with van der Waals surface area (Å²) in [6, 6.07) is 21.4. The molecule has 0 saturated heterocycles. The van der Waals surface area contributed by atoms with Gasteiger partial charge in [-0.05, 0) is 61.2 Å². The number of rotatable bonds is 6. The summed E-state index contributed by atoms with van der Waals surface area (Å²) in [5.41, 5.74) is 3.48. The third-order valence-electron chi connectivity index (χ3n) is 4.53. The van der Waals surface area contributed by atoms with E-state index in [4.69, 9.17) is 4.74 Å². The molecule has 29 heavy (non-hydrogen) atoms. The van der Waals surface area contributed by atoms with Gasteiger partial charge in [-0.2, -0.15) is 9.78 Å². The normalized spacial score (nSPS) is 11.1. The van der Waals surface area contributed by atoms with Gasteiger partial charge in [0.25, 0.3) is 0 Å². The number of thiophene rings is 1. The average Bonchev–Trinajstić information content (AvgIpc) is 3.38. The van der Waals surface area contributed by atoms with E-state index >= 15 is 0 Å². The van der Waals surface area contributed by atoms with Crippen LogP contribution in [0.25, 0.3) is 11.8 Å². The molecule has 0 unspecified atom stereocenters. The smallest absolute Gasteiger partial charge is 0.230 e. The molecule has 0 aliphatic rings. The zero-order valence-corrected chi connectivity index (χ0v) is 17.0. The molecule has 0 bridgehead atoms. The Balaban J connectivity index is 1.79. The number of benzene rings is 2. The van der Waals surface area contributed by atoms with Crippen LogP contribution in [0.1, 0.15) is 26.5 Å². The number of aromatic nitrogens is 2. The Hall–Kier alpha value is -3.44. The van der Waals surface area contributed by atoms with Crippen molar-refractivity contribution in [3.8, 4) is 17.3 Å². The molecular formula is C24H20N2O2S. The summed E-state index contributed by atoms with van der Waals surface area (Å²) in [4.78, 5) is 13.2. The van der Waals surface area contributed by atoms with Gasteiger partial charge in [-0.1, -0.05) is 42.5 Å². The molecule has 4 nitrogen and oxygen atoms in total. The molecule has 144 valence electrons. The zero-order valence-electron chi connectivity index (χ0n) is 16.2. The predicted octanol–water partition coefficient (Wildman–Crippen LogP) is 6.24. The third kappa shape index (κ3) is 4.05. The summed E-state index contributed by atoms with van der Waals surface area (Å²) >= 11 is 1.43. The molecule has 0 aliphatic carbocycles. The van der Waals surface area contributed by atoms with Crippen LogP contribution in [0.5, 0.6) is 11.6 Å². The zero-order chi connectivity index (χ0) is 20.2. The molecule has 0 radical (unpaired) electrons. The fourth-order valence-electron chi connectivity index (χ4n) is 2.99. The van der Waals surface area contributed by atoms with Crippen LogP contribution >= 0.6 is 11.3 Å². The van der Waals surface area contributed by atoms with Gasteiger partial charge in [0, 0.05) is 0 Å². The first kappa shape index (κ1) is 18.9. The molecule has 4 rings (SSSR count). The molecule has 2 heterocycles. The molecule has 2 aromatic heterocycles. The Morgan fingerprint density at radius 1 is 1.00 bits per heavy atom. The van der Waals surface area contributed by atoms with Gasteiger partial charge in [0.1, 0.15) is 5.75 Å². The van der Waals surface area contributed by atoms with E-state index in [1.807, 2.05) is 86.0 Å². The van der Waals surface area contributed by atoms with Crippen LogP contribution in [0.2, 0.25) is 0 Å². The van der Waals surface area contributed by atoms with E-state index in [0.717, 1.165) is 28.3 Å². The molecular weight excluding hydrogens is 380 g/mol. The van der Waals surface area contributed by atoms with Crippen molar-refractivity contribution in [2.75, 3.05) is 0 Å². The van der Waals surface area contributed by atoms with Crippen molar-refractivity contribution in [2.24, 2.45) is 0 Å². The number of hydrogen-bond acceptors (Lipinski definition) is 4. The first-order valence-electron chi connectivity index (χ1n) is 9.28. The molecule has 0 N–H and O–H groups in total. The van der Waals surface area contributed by atoms with Gasteiger partial charge in [0.2, 0.25) is 5.88 Å². The maximum absolute atomic E-state index is 12.4. The van der Waals surface area contributed by atoms with Crippen LogP contribution in [0.3, 0.4) is 0 Å². The first-order chi connectivity index (χ1) is 14.1. The minimum absolute atomic E-state index is 0.0336. The van der Waals surface area contributed by atoms with E-state index in [-0.39, 0.29) is 5.78 Å². The Kier molecular flexibility index (Phi) is 5.40. The number of para-hydroxylation sites is 2. The van der Waals surface area contributed by atoms with Crippen molar-refractivity contribution in [1.82, 2.24) is 9.78 Å². The van der Waals surface area contributed by atoms with Gasteiger partial charge >= 0.3 is 0 Å². The van der Waals surface area contributed by atoms with E-state index in [1.165, 1.54) is 11.3 Å². The monoisotopic (exact) mass is 400 g/mol. The van der Waals surface area contributed by atoms with E-state index in [2.05, 4.69) is 5.10 Å². The average molecular weight is 401 g/mol. The van der Waals surface area contributed by atoms with Crippen molar-refractivity contribution in [1.29, 1.82) is 0 Å². The Morgan fingerprint density at radius 2 is 1.76 bits per heavy atom. The molecule has 4 aromatic rings. The van der Waals surface area contributed by atoms with Crippen molar-refractivity contribution in [3.05, 3.63) is 99.9 Å². The number of allylic oxidation sites excluding steroid dienone is 1. The summed E-state index contributed by atoms with van der Waals surface area (Å²) in [7, 11) is 0. The number of ether oxygens (including phenoxy) is 1. The van der Waals surface area contributed by atoms with Crippen molar-refractivity contribution in [3.63, 3.8) is 0 Å². The summed E-state index contributed by atoms with van der Waals surface area (Å²) in [6.45, 7) is 3.92. The molecule has 2 aromatic carbocycles. The Morgan fingerprint density at radius 3 is 2.48 bits per heavy atom. The van der Waals surface area contributed by atoms with Crippen LogP contribution in [0, 0.1) is 13.8 Å². The maximum Gasteiger partial charge on any atom is 0.230 e. The lowest BCUT2D eigenvalue weighted by Gasteiger charge is -2.12. The standard InChI is InChI=1S/C24H20N2O2S/c1-17-9-6-7-12-22(17)28-24-20(14-15-21(27)23-13-8-16-29-23)18(2)25-26(24)19-10-4-3-5-11-19/h3-16H,1-2H3/b15-14+. The molecule has 0 fully saturated rings. The van der Waals surface area contributed by atoms with Crippen LogP contribution < -0.4 is 4.74 Å².